The molecule has 0 aliphatic rings. The van der Waals surface area contributed by atoms with Gasteiger partial charge in [-0.25, -0.2) is 4.98 Å². The lowest BCUT2D eigenvalue weighted by molar-refractivity contribution is 0.530. The van der Waals surface area contributed by atoms with Gasteiger partial charge in [0.05, 0.1) is 0 Å². The Morgan fingerprint density at radius 1 is 0.741 bits per heavy atom. The third kappa shape index (κ3) is 14.7. The van der Waals surface area contributed by atoms with Crippen LogP contribution in [0, 0.1) is 0 Å². The highest BCUT2D eigenvalue weighted by atomic mass is 35.5. The van der Waals surface area contributed by atoms with Crippen LogP contribution in [0.1, 0.15) is 110 Å². The second-order valence-corrected chi connectivity index (χ2v) is 8.05. The minimum atomic E-state index is 0.219. The molecule has 5 heteroatoms. The Morgan fingerprint density at radius 3 is 1.63 bits per heavy atom. The SMILES string of the molecule is CCCCCCCCCCCCCCCCCCNc1cc(Cl)nc(N)n1. The Hall–Kier alpha value is -1.03. The summed E-state index contributed by atoms with van der Waals surface area (Å²) in [5, 5.41) is 3.65. The van der Waals surface area contributed by atoms with Crippen LogP contribution in [0.3, 0.4) is 0 Å². The van der Waals surface area contributed by atoms with E-state index in [0.29, 0.717) is 11.0 Å². The second kappa shape index (κ2) is 17.1. The van der Waals surface area contributed by atoms with Crippen LogP contribution in [0.15, 0.2) is 6.07 Å². The number of rotatable bonds is 18. The van der Waals surface area contributed by atoms with Crippen molar-refractivity contribution in [2.45, 2.75) is 110 Å². The van der Waals surface area contributed by atoms with Gasteiger partial charge in [0.15, 0.2) is 0 Å². The van der Waals surface area contributed by atoms with Crippen LogP contribution in [0.25, 0.3) is 0 Å². The molecule has 0 amide bonds. The molecule has 1 heterocycles. The van der Waals surface area contributed by atoms with Gasteiger partial charge < -0.3 is 11.1 Å². The van der Waals surface area contributed by atoms with E-state index in [4.69, 9.17) is 17.3 Å². The quantitative estimate of drug-likeness (QED) is 0.200. The highest BCUT2D eigenvalue weighted by molar-refractivity contribution is 6.29. The number of hydrogen-bond donors (Lipinski definition) is 2. The third-order valence-electron chi connectivity index (χ3n) is 5.05. The fourth-order valence-electron chi connectivity index (χ4n) is 3.42. The van der Waals surface area contributed by atoms with Gasteiger partial charge in [-0.3, -0.25) is 0 Å². The van der Waals surface area contributed by atoms with Gasteiger partial charge in [-0.2, -0.15) is 4.98 Å². The number of nitrogens with one attached hydrogen (secondary N) is 1. The molecule has 0 spiro atoms. The van der Waals surface area contributed by atoms with Crippen molar-refractivity contribution >= 4 is 23.4 Å². The summed E-state index contributed by atoms with van der Waals surface area (Å²) >= 11 is 5.86. The fourth-order valence-corrected chi connectivity index (χ4v) is 3.61. The predicted molar refractivity (Wildman–Crippen MR) is 119 cm³/mol. The van der Waals surface area contributed by atoms with Crippen molar-refractivity contribution in [1.29, 1.82) is 0 Å². The molecular weight excluding hydrogens is 356 g/mol. The number of anilines is 2. The minimum Gasteiger partial charge on any atom is -0.370 e. The Balaban J connectivity index is 1.78. The summed E-state index contributed by atoms with van der Waals surface area (Å²) in [5.74, 6) is 0.936. The van der Waals surface area contributed by atoms with Gasteiger partial charge in [0, 0.05) is 12.6 Å². The fraction of sp³-hybridized carbons (Fsp3) is 0.818. The van der Waals surface area contributed by atoms with Gasteiger partial charge >= 0.3 is 0 Å². The van der Waals surface area contributed by atoms with Crippen molar-refractivity contribution in [3.63, 3.8) is 0 Å². The van der Waals surface area contributed by atoms with Gasteiger partial charge in [-0.1, -0.05) is 115 Å². The summed E-state index contributed by atoms with van der Waals surface area (Å²) in [6, 6.07) is 1.71. The van der Waals surface area contributed by atoms with Crippen molar-refractivity contribution in [3.8, 4) is 0 Å². The first-order valence-electron chi connectivity index (χ1n) is 11.3. The first-order valence-corrected chi connectivity index (χ1v) is 11.6. The molecule has 1 rings (SSSR count). The number of nitrogens with zero attached hydrogens (tertiary/aromatic N) is 2. The van der Waals surface area contributed by atoms with E-state index in [0.717, 1.165) is 13.0 Å². The summed E-state index contributed by atoms with van der Waals surface area (Å²) in [4.78, 5) is 7.97. The van der Waals surface area contributed by atoms with Crippen molar-refractivity contribution in [3.05, 3.63) is 11.2 Å². The highest BCUT2D eigenvalue weighted by Crippen LogP contribution is 2.15. The molecule has 0 aliphatic heterocycles. The van der Waals surface area contributed by atoms with E-state index in [1.54, 1.807) is 6.07 Å². The third-order valence-corrected chi connectivity index (χ3v) is 5.24. The van der Waals surface area contributed by atoms with Crippen LogP contribution in [0.2, 0.25) is 5.15 Å². The molecule has 1 aromatic heterocycles. The van der Waals surface area contributed by atoms with E-state index < -0.39 is 0 Å². The standard InChI is InChI=1S/C22H41ClN4/c1-2-3-4-5-6-7-8-9-10-11-12-13-14-15-16-17-18-25-21-19-20(23)26-22(24)27-21/h19H,2-18H2,1H3,(H3,24,25,26,27). The Labute approximate surface area is 172 Å². The first-order chi connectivity index (χ1) is 13.2. The molecule has 0 aromatic carbocycles. The van der Waals surface area contributed by atoms with Gasteiger partial charge in [-0.15, -0.1) is 0 Å². The summed E-state index contributed by atoms with van der Waals surface area (Å²) in [6.07, 6.45) is 22.2. The van der Waals surface area contributed by atoms with Crippen LogP contribution in [0.5, 0.6) is 0 Å². The smallest absolute Gasteiger partial charge is 0.223 e. The molecule has 0 saturated carbocycles. The zero-order valence-electron chi connectivity index (χ0n) is 17.4. The molecule has 4 nitrogen and oxygen atoms in total. The minimum absolute atomic E-state index is 0.219. The maximum absolute atomic E-state index is 5.86. The topological polar surface area (TPSA) is 63.8 Å². The lowest BCUT2D eigenvalue weighted by Crippen LogP contribution is -2.05. The number of hydrogen-bond acceptors (Lipinski definition) is 4. The Bertz CT molecular complexity index is 447. The number of nitrogens with two attached hydrogens (primary N) is 1. The van der Waals surface area contributed by atoms with Gasteiger partial charge in [0.25, 0.3) is 0 Å². The normalized spacial score (nSPS) is 11.0. The average molecular weight is 397 g/mol. The molecule has 0 unspecified atom stereocenters. The van der Waals surface area contributed by atoms with E-state index in [1.165, 1.54) is 96.3 Å². The molecule has 0 atom stereocenters. The average Bonchev–Trinajstić information content (AvgIpc) is 2.63. The van der Waals surface area contributed by atoms with Crippen LogP contribution < -0.4 is 11.1 Å². The van der Waals surface area contributed by atoms with Crippen LogP contribution in [0.4, 0.5) is 11.8 Å². The molecule has 3 N–H and O–H groups in total. The van der Waals surface area contributed by atoms with E-state index in [-0.39, 0.29) is 5.95 Å². The Morgan fingerprint density at radius 2 is 1.19 bits per heavy atom. The van der Waals surface area contributed by atoms with Crippen LogP contribution >= 0.6 is 11.6 Å². The maximum Gasteiger partial charge on any atom is 0.223 e. The number of unbranched alkanes of at least 4 members (excludes halogenated alkanes) is 15. The summed E-state index contributed by atoms with van der Waals surface area (Å²) < 4.78 is 0. The van der Waals surface area contributed by atoms with E-state index >= 15 is 0 Å². The van der Waals surface area contributed by atoms with Gasteiger partial charge in [0.1, 0.15) is 11.0 Å². The largest absolute Gasteiger partial charge is 0.370 e. The molecule has 27 heavy (non-hydrogen) atoms. The molecule has 0 aliphatic carbocycles. The maximum atomic E-state index is 5.86. The second-order valence-electron chi connectivity index (χ2n) is 7.66. The van der Waals surface area contributed by atoms with Gasteiger partial charge in [0.2, 0.25) is 5.95 Å². The molecular formula is C22H41ClN4. The number of aromatic nitrogens is 2. The monoisotopic (exact) mass is 396 g/mol. The van der Waals surface area contributed by atoms with E-state index in [9.17, 15) is 0 Å². The molecule has 0 bridgehead atoms. The summed E-state index contributed by atoms with van der Waals surface area (Å²) in [5.41, 5.74) is 5.58. The summed E-state index contributed by atoms with van der Waals surface area (Å²) in [6.45, 7) is 3.19. The van der Waals surface area contributed by atoms with Crippen molar-refractivity contribution in [1.82, 2.24) is 9.97 Å². The molecule has 0 radical (unpaired) electrons. The first kappa shape index (κ1) is 24.0. The van der Waals surface area contributed by atoms with Crippen LogP contribution in [-0.2, 0) is 0 Å². The zero-order chi connectivity index (χ0) is 19.6. The van der Waals surface area contributed by atoms with E-state index in [2.05, 4.69) is 22.2 Å². The highest BCUT2D eigenvalue weighted by Gasteiger charge is 1.99. The van der Waals surface area contributed by atoms with Crippen molar-refractivity contribution < 1.29 is 0 Å². The number of nitrogen functional groups attached to an aromatic ring is 1. The predicted octanol–water partition coefficient (Wildman–Crippen LogP) is 7.39. The Kier molecular flexibility index (Phi) is 15.2. The van der Waals surface area contributed by atoms with Crippen molar-refractivity contribution in [2.24, 2.45) is 0 Å². The molecule has 1 aromatic rings. The van der Waals surface area contributed by atoms with Gasteiger partial charge in [-0.05, 0) is 6.42 Å². The molecule has 0 saturated heterocycles. The van der Waals surface area contributed by atoms with Crippen LogP contribution in [-0.4, -0.2) is 16.5 Å². The molecule has 0 fully saturated rings. The van der Waals surface area contributed by atoms with Crippen molar-refractivity contribution in [2.75, 3.05) is 17.6 Å². The lowest BCUT2D eigenvalue weighted by Gasteiger charge is -2.06. The molecule has 156 valence electrons. The lowest BCUT2D eigenvalue weighted by atomic mass is 10.0. The van der Waals surface area contributed by atoms with E-state index in [1.807, 2.05) is 0 Å². The number of halogens is 1. The zero-order valence-corrected chi connectivity index (χ0v) is 18.2. The summed E-state index contributed by atoms with van der Waals surface area (Å²) in [7, 11) is 0.